The quantitative estimate of drug-likeness (QED) is 0.0701. The molecule has 0 fully saturated rings. The predicted molar refractivity (Wildman–Crippen MR) is 119 cm³/mol. The number of phosphoric acid groups is 1. The zero-order valence-corrected chi connectivity index (χ0v) is 20.0. The van der Waals surface area contributed by atoms with Crippen LogP contribution >= 0.6 is 7.82 Å². The molecule has 0 atom stereocenters. The standard InChI is InChI=1S/6C3H3N2.Ni.H3O4P/c6*1-2-5-3-4-1;;1-5(2,3)4/h6*1-2H,(H,4,5);;(H3,1,2,3,4)/q6*-1;;. The molecule has 0 saturated carbocycles. The second-order valence-electron chi connectivity index (χ2n) is 4.72. The van der Waals surface area contributed by atoms with E-state index in [0.717, 1.165) is 0 Å². The molecule has 6 heterocycles. The Morgan fingerprint density at radius 3 is 0.611 bits per heavy atom. The molecule has 0 aliphatic rings. The van der Waals surface area contributed by atoms with Crippen molar-refractivity contribution in [3.05, 3.63) is 112 Å². The Bertz CT molecular complexity index is 739. The van der Waals surface area contributed by atoms with E-state index in [2.05, 4.69) is 97.8 Å². The molecular formula is C18H21N12NiO4P-6. The van der Waals surface area contributed by atoms with Crippen LogP contribution < -0.4 is 0 Å². The normalized spacial score (nSPS) is 8.31. The van der Waals surface area contributed by atoms with E-state index in [0.29, 0.717) is 0 Å². The fourth-order valence-electron chi connectivity index (χ4n) is 1.12. The van der Waals surface area contributed by atoms with Crippen molar-refractivity contribution in [1.29, 1.82) is 0 Å². The molecule has 6 rings (SSSR count). The van der Waals surface area contributed by atoms with Gasteiger partial charge < -0.3 is 74.5 Å². The molecule has 18 heteroatoms. The maximum absolute atomic E-state index is 8.88. The Morgan fingerprint density at radius 1 is 0.444 bits per heavy atom. The topological polar surface area (TPSA) is 250 Å². The van der Waals surface area contributed by atoms with Crippen molar-refractivity contribution in [2.45, 2.75) is 0 Å². The van der Waals surface area contributed by atoms with Crippen molar-refractivity contribution in [2.75, 3.05) is 0 Å². The second-order valence-corrected chi connectivity index (χ2v) is 5.75. The van der Waals surface area contributed by atoms with E-state index in [-0.39, 0.29) is 16.5 Å². The van der Waals surface area contributed by atoms with Crippen molar-refractivity contribution in [3.63, 3.8) is 0 Å². The number of aromatic nitrogens is 12. The number of H-pyrrole nitrogens is 6. The minimum absolute atomic E-state index is 0. The third-order valence-corrected chi connectivity index (χ3v) is 2.17. The van der Waals surface area contributed by atoms with Crippen LogP contribution in [0.3, 0.4) is 0 Å². The van der Waals surface area contributed by atoms with Gasteiger partial charge in [0.1, 0.15) is 0 Å². The Hall–Kier alpha value is -4.14. The number of nitrogens with one attached hydrogen (secondary N) is 6. The van der Waals surface area contributed by atoms with Crippen LogP contribution in [0.4, 0.5) is 0 Å². The molecule has 0 aliphatic carbocycles. The minimum atomic E-state index is -4.64. The largest absolute Gasteiger partial charge is 0.467 e. The molecule has 0 bridgehead atoms. The van der Waals surface area contributed by atoms with Gasteiger partial charge >= 0.3 is 7.82 Å². The van der Waals surface area contributed by atoms with Crippen molar-refractivity contribution in [2.24, 2.45) is 0 Å². The maximum atomic E-state index is 8.88. The van der Waals surface area contributed by atoms with E-state index in [1.807, 2.05) is 0 Å². The van der Waals surface area contributed by atoms with E-state index in [4.69, 9.17) is 19.2 Å². The van der Waals surface area contributed by atoms with Gasteiger partial charge in [-0.1, -0.05) is 0 Å². The summed E-state index contributed by atoms with van der Waals surface area (Å²) in [4.78, 5) is 58.6. The molecule has 0 unspecified atom stereocenters. The Labute approximate surface area is 215 Å². The first kappa shape index (κ1) is 34.0. The molecule has 6 aromatic rings. The van der Waals surface area contributed by atoms with Gasteiger partial charge in [-0.15, -0.1) is 74.4 Å². The third-order valence-electron chi connectivity index (χ3n) is 2.17. The van der Waals surface area contributed by atoms with Gasteiger partial charge in [-0.3, -0.25) is 0 Å². The molecule has 36 heavy (non-hydrogen) atoms. The van der Waals surface area contributed by atoms with Gasteiger partial charge in [-0.25, -0.2) is 4.57 Å². The third kappa shape index (κ3) is 37.2. The van der Waals surface area contributed by atoms with Gasteiger partial charge in [-0.05, 0) is 38.0 Å². The van der Waals surface area contributed by atoms with Gasteiger partial charge in [0, 0.05) is 16.5 Å². The number of hydrogen-bond acceptors (Lipinski definition) is 7. The van der Waals surface area contributed by atoms with Crippen LogP contribution in [0.5, 0.6) is 0 Å². The molecule has 0 amide bonds. The van der Waals surface area contributed by atoms with Crippen LogP contribution in [0.15, 0.2) is 74.4 Å². The maximum Gasteiger partial charge on any atom is 0.466 e. The molecule has 198 valence electrons. The fraction of sp³-hybridized carbons (Fsp3) is 0. The van der Waals surface area contributed by atoms with Gasteiger partial charge in [0.15, 0.2) is 0 Å². The first-order chi connectivity index (χ1) is 17.0. The fourth-order valence-corrected chi connectivity index (χ4v) is 1.12. The summed E-state index contributed by atoms with van der Waals surface area (Å²) in [6, 6.07) is 0. The van der Waals surface area contributed by atoms with Crippen molar-refractivity contribution in [1.82, 2.24) is 59.8 Å². The molecule has 0 radical (unpaired) electrons. The first-order valence-electron chi connectivity index (χ1n) is 8.91. The molecule has 0 aromatic carbocycles. The summed E-state index contributed by atoms with van der Waals surface area (Å²) in [6.45, 7) is 0. The summed E-state index contributed by atoms with van der Waals surface area (Å²) in [6.07, 6.45) is 35.0. The van der Waals surface area contributed by atoms with Crippen LogP contribution in [-0.4, -0.2) is 74.5 Å². The summed E-state index contributed by atoms with van der Waals surface area (Å²) < 4.78 is 8.88. The molecular weight excluding hydrogens is 538 g/mol. The van der Waals surface area contributed by atoms with E-state index >= 15 is 0 Å². The average molecular weight is 559 g/mol. The molecule has 9 N–H and O–H groups in total. The first-order valence-corrected chi connectivity index (χ1v) is 10.5. The Kier molecular flexibility index (Phi) is 25.6. The monoisotopic (exact) mass is 558 g/mol. The van der Waals surface area contributed by atoms with E-state index < -0.39 is 7.82 Å². The van der Waals surface area contributed by atoms with Crippen LogP contribution in [0, 0.1) is 38.0 Å². The number of rotatable bonds is 0. The molecule has 16 nitrogen and oxygen atoms in total. The predicted octanol–water partition coefficient (Wildman–Crippen LogP) is 0.328. The average Bonchev–Trinajstić information content (AvgIpc) is 3.75. The summed E-state index contributed by atoms with van der Waals surface area (Å²) in [7, 11) is -4.64. The smallest absolute Gasteiger partial charge is 0.466 e. The molecule has 0 spiro atoms. The van der Waals surface area contributed by atoms with Crippen molar-refractivity contribution >= 4 is 7.82 Å². The van der Waals surface area contributed by atoms with Crippen molar-refractivity contribution in [3.8, 4) is 0 Å². The second kappa shape index (κ2) is 27.1. The van der Waals surface area contributed by atoms with E-state index in [1.165, 1.54) is 0 Å². The summed E-state index contributed by atoms with van der Waals surface area (Å²) in [5.74, 6) is 0. The zero-order valence-electron chi connectivity index (χ0n) is 18.1. The summed E-state index contributed by atoms with van der Waals surface area (Å²) in [5, 5.41) is 0. The van der Waals surface area contributed by atoms with Crippen LogP contribution in [0.1, 0.15) is 0 Å². The van der Waals surface area contributed by atoms with Crippen LogP contribution in [0.25, 0.3) is 0 Å². The SMILES string of the molecule is O=P(O)(O)O.[Ni].[c-]1ncc[nH]1.[c-]1ncc[nH]1.[c-]1ncc[nH]1.[c-]1ncc[nH]1.[c-]1ncc[nH]1.[c-]1ncc[nH]1. The summed E-state index contributed by atoms with van der Waals surface area (Å²) in [5.41, 5.74) is 0. The van der Waals surface area contributed by atoms with Gasteiger partial charge in [0.2, 0.25) is 0 Å². The zero-order chi connectivity index (χ0) is 25.7. The van der Waals surface area contributed by atoms with Crippen LogP contribution in [0.2, 0.25) is 0 Å². The summed E-state index contributed by atoms with van der Waals surface area (Å²) >= 11 is 0. The van der Waals surface area contributed by atoms with E-state index in [1.54, 1.807) is 74.4 Å². The molecule has 6 aromatic heterocycles. The van der Waals surface area contributed by atoms with Gasteiger partial charge in [0.25, 0.3) is 0 Å². The molecule has 0 saturated heterocycles. The number of nitrogens with zero attached hydrogens (tertiary/aromatic N) is 6. The molecule has 0 aliphatic heterocycles. The van der Waals surface area contributed by atoms with Crippen LogP contribution in [-0.2, 0) is 21.1 Å². The van der Waals surface area contributed by atoms with Gasteiger partial charge in [0.05, 0.1) is 0 Å². The number of imidazole rings is 6. The van der Waals surface area contributed by atoms with Gasteiger partial charge in [-0.2, -0.15) is 0 Å². The minimum Gasteiger partial charge on any atom is -0.467 e. The Balaban J connectivity index is 0. The Morgan fingerprint density at radius 2 is 0.583 bits per heavy atom. The number of aromatic amines is 6. The van der Waals surface area contributed by atoms with E-state index in [9.17, 15) is 0 Å². The number of hydrogen-bond donors (Lipinski definition) is 9. The van der Waals surface area contributed by atoms with Crippen molar-refractivity contribution < 1.29 is 35.7 Å².